The maximum Gasteiger partial charge on any atom is 0.258 e. The number of phenols is 1. The molecule has 2 aromatic rings. The van der Waals surface area contributed by atoms with Crippen LogP contribution in [0.3, 0.4) is 0 Å². The van der Waals surface area contributed by atoms with E-state index in [4.69, 9.17) is 0 Å². The van der Waals surface area contributed by atoms with Crippen molar-refractivity contribution in [1.82, 2.24) is 0 Å². The van der Waals surface area contributed by atoms with Gasteiger partial charge in [0.25, 0.3) is 5.91 Å². The van der Waals surface area contributed by atoms with E-state index in [1.54, 1.807) is 31.3 Å². The van der Waals surface area contributed by atoms with Crippen LogP contribution in [0.5, 0.6) is 5.75 Å². The van der Waals surface area contributed by atoms with Gasteiger partial charge in [0, 0.05) is 24.4 Å². The Labute approximate surface area is 113 Å². The number of hydrogen-bond donors (Lipinski definition) is 1. The van der Waals surface area contributed by atoms with Gasteiger partial charge in [-0.05, 0) is 49.2 Å². The summed E-state index contributed by atoms with van der Waals surface area (Å²) in [6.45, 7) is 4.00. The first kappa shape index (κ1) is 13.1. The summed E-state index contributed by atoms with van der Waals surface area (Å²) in [6.07, 6.45) is 0. The molecule has 0 aliphatic heterocycles. The van der Waals surface area contributed by atoms with Crippen LogP contribution in [-0.2, 0) is 0 Å². The van der Waals surface area contributed by atoms with Crippen molar-refractivity contribution in [3.8, 4) is 5.75 Å². The smallest absolute Gasteiger partial charge is 0.258 e. The number of aromatic hydroxyl groups is 1. The van der Waals surface area contributed by atoms with Crippen molar-refractivity contribution < 1.29 is 9.90 Å². The van der Waals surface area contributed by atoms with E-state index in [-0.39, 0.29) is 11.7 Å². The average Bonchev–Trinajstić information content (AvgIpc) is 2.40. The molecule has 0 atom stereocenters. The monoisotopic (exact) mass is 255 g/mol. The van der Waals surface area contributed by atoms with Crippen molar-refractivity contribution in [3.63, 3.8) is 0 Å². The quantitative estimate of drug-likeness (QED) is 0.894. The van der Waals surface area contributed by atoms with Crippen molar-refractivity contribution in [2.24, 2.45) is 0 Å². The van der Waals surface area contributed by atoms with E-state index in [0.717, 1.165) is 11.1 Å². The van der Waals surface area contributed by atoms with Crippen molar-refractivity contribution in [1.29, 1.82) is 0 Å². The van der Waals surface area contributed by atoms with E-state index < -0.39 is 0 Å². The van der Waals surface area contributed by atoms with Crippen molar-refractivity contribution in [2.45, 2.75) is 13.8 Å². The highest BCUT2D eigenvalue weighted by Gasteiger charge is 2.14. The molecule has 0 saturated carbocycles. The van der Waals surface area contributed by atoms with Crippen molar-refractivity contribution in [2.75, 3.05) is 11.9 Å². The Balaban J connectivity index is 2.30. The highest BCUT2D eigenvalue weighted by Crippen LogP contribution is 2.21. The van der Waals surface area contributed by atoms with E-state index in [1.807, 2.05) is 32.0 Å². The minimum atomic E-state index is -0.0892. The number of carbonyl (C=O) groups is 1. The molecule has 1 amide bonds. The van der Waals surface area contributed by atoms with Crippen LogP contribution in [0.2, 0.25) is 0 Å². The van der Waals surface area contributed by atoms with Crippen LogP contribution in [0.25, 0.3) is 0 Å². The molecule has 0 aliphatic rings. The lowest BCUT2D eigenvalue weighted by Crippen LogP contribution is -2.26. The largest absolute Gasteiger partial charge is 0.508 e. The minimum absolute atomic E-state index is 0.0892. The molecule has 1 N–H and O–H groups in total. The number of carbonyl (C=O) groups excluding carboxylic acids is 1. The molecule has 0 aromatic heterocycles. The summed E-state index contributed by atoms with van der Waals surface area (Å²) < 4.78 is 0. The lowest BCUT2D eigenvalue weighted by molar-refractivity contribution is 0.0993. The molecule has 0 heterocycles. The number of aryl methyl sites for hydroxylation is 2. The fourth-order valence-electron chi connectivity index (χ4n) is 1.89. The second-order valence-corrected chi connectivity index (χ2v) is 4.68. The van der Waals surface area contributed by atoms with E-state index in [0.29, 0.717) is 11.3 Å². The molecule has 0 unspecified atom stereocenters. The number of hydrogen-bond acceptors (Lipinski definition) is 2. The zero-order chi connectivity index (χ0) is 14.0. The van der Waals surface area contributed by atoms with Gasteiger partial charge in [0.2, 0.25) is 0 Å². The lowest BCUT2D eigenvalue weighted by atomic mass is 10.1. The summed E-state index contributed by atoms with van der Waals surface area (Å²) in [6, 6.07) is 12.3. The molecule has 0 bridgehead atoms. The maximum absolute atomic E-state index is 12.4. The maximum atomic E-state index is 12.4. The third kappa shape index (κ3) is 2.76. The van der Waals surface area contributed by atoms with Crippen LogP contribution >= 0.6 is 0 Å². The van der Waals surface area contributed by atoms with Gasteiger partial charge in [0.15, 0.2) is 0 Å². The minimum Gasteiger partial charge on any atom is -0.508 e. The molecule has 98 valence electrons. The summed E-state index contributed by atoms with van der Waals surface area (Å²) >= 11 is 0. The zero-order valence-electron chi connectivity index (χ0n) is 11.3. The van der Waals surface area contributed by atoms with E-state index in [2.05, 4.69) is 0 Å². The van der Waals surface area contributed by atoms with Crippen molar-refractivity contribution in [3.05, 3.63) is 59.2 Å². The van der Waals surface area contributed by atoms with Crippen LogP contribution in [0, 0.1) is 13.8 Å². The second kappa shape index (κ2) is 5.14. The summed E-state index contributed by atoms with van der Waals surface area (Å²) in [5.41, 5.74) is 3.57. The summed E-state index contributed by atoms with van der Waals surface area (Å²) in [5, 5.41) is 9.46. The molecule has 0 saturated heterocycles. The van der Waals surface area contributed by atoms with E-state index >= 15 is 0 Å². The van der Waals surface area contributed by atoms with Gasteiger partial charge in [-0.15, -0.1) is 0 Å². The highest BCUT2D eigenvalue weighted by molar-refractivity contribution is 6.05. The summed E-state index contributed by atoms with van der Waals surface area (Å²) in [5.74, 6) is 0.0611. The fraction of sp³-hybridized carbons (Fsp3) is 0.188. The number of phenolic OH excluding ortho intramolecular Hbond substituents is 1. The van der Waals surface area contributed by atoms with Gasteiger partial charge in [0.05, 0.1) is 0 Å². The van der Waals surface area contributed by atoms with Gasteiger partial charge in [-0.25, -0.2) is 0 Å². The first-order chi connectivity index (χ1) is 8.99. The molecule has 2 rings (SSSR count). The van der Waals surface area contributed by atoms with Gasteiger partial charge in [0.1, 0.15) is 5.75 Å². The Morgan fingerprint density at radius 1 is 1.05 bits per heavy atom. The van der Waals surface area contributed by atoms with Crippen LogP contribution in [-0.4, -0.2) is 18.1 Å². The summed E-state index contributed by atoms with van der Waals surface area (Å²) in [4.78, 5) is 13.9. The predicted molar refractivity (Wildman–Crippen MR) is 76.8 cm³/mol. The Morgan fingerprint density at radius 3 is 2.42 bits per heavy atom. The van der Waals surface area contributed by atoms with Crippen LogP contribution in [0.4, 0.5) is 5.69 Å². The summed E-state index contributed by atoms with van der Waals surface area (Å²) in [7, 11) is 1.70. The van der Waals surface area contributed by atoms with Gasteiger partial charge in [-0.3, -0.25) is 4.79 Å². The zero-order valence-corrected chi connectivity index (χ0v) is 11.3. The molecule has 3 heteroatoms. The Morgan fingerprint density at radius 2 is 1.79 bits per heavy atom. The molecule has 0 aliphatic carbocycles. The third-order valence-corrected chi connectivity index (χ3v) is 3.28. The molecule has 19 heavy (non-hydrogen) atoms. The van der Waals surface area contributed by atoms with Gasteiger partial charge < -0.3 is 10.0 Å². The van der Waals surface area contributed by atoms with E-state index in [9.17, 15) is 9.90 Å². The number of amides is 1. The molecule has 3 nitrogen and oxygen atoms in total. The highest BCUT2D eigenvalue weighted by atomic mass is 16.3. The predicted octanol–water partition coefficient (Wildman–Crippen LogP) is 3.29. The first-order valence-electron chi connectivity index (χ1n) is 6.13. The third-order valence-electron chi connectivity index (χ3n) is 3.28. The molecule has 2 aromatic carbocycles. The Hall–Kier alpha value is -2.29. The second-order valence-electron chi connectivity index (χ2n) is 4.68. The normalized spacial score (nSPS) is 10.3. The average molecular weight is 255 g/mol. The van der Waals surface area contributed by atoms with Gasteiger partial charge in [-0.2, -0.15) is 0 Å². The lowest BCUT2D eigenvalue weighted by Gasteiger charge is -2.18. The van der Waals surface area contributed by atoms with Gasteiger partial charge >= 0.3 is 0 Å². The standard InChI is InChI=1S/C16H17NO2/c1-11-7-8-13(9-12(11)2)16(19)17(3)14-5-4-6-15(18)10-14/h4-10,18H,1-3H3. The molecule has 0 fully saturated rings. The van der Waals surface area contributed by atoms with E-state index in [1.165, 1.54) is 4.90 Å². The molecular formula is C16H17NO2. The fourth-order valence-corrected chi connectivity index (χ4v) is 1.89. The topological polar surface area (TPSA) is 40.5 Å². The number of anilines is 1. The van der Waals surface area contributed by atoms with Crippen molar-refractivity contribution >= 4 is 11.6 Å². The van der Waals surface area contributed by atoms with Gasteiger partial charge in [-0.1, -0.05) is 12.1 Å². The molecule has 0 spiro atoms. The van der Waals surface area contributed by atoms with Crippen LogP contribution in [0.15, 0.2) is 42.5 Å². The Bertz CT molecular complexity index is 620. The first-order valence-corrected chi connectivity index (χ1v) is 6.13. The molecular weight excluding hydrogens is 238 g/mol. The molecule has 0 radical (unpaired) electrons. The SMILES string of the molecule is Cc1ccc(C(=O)N(C)c2cccc(O)c2)cc1C. The number of nitrogens with zero attached hydrogens (tertiary/aromatic N) is 1. The van der Waals surface area contributed by atoms with Crippen LogP contribution in [0.1, 0.15) is 21.5 Å². The number of benzene rings is 2. The number of rotatable bonds is 2. The Kier molecular flexibility index (Phi) is 3.56. The van der Waals surface area contributed by atoms with Crippen LogP contribution < -0.4 is 4.90 Å².